The Morgan fingerprint density at radius 3 is 2.68 bits per heavy atom. The van der Waals surface area contributed by atoms with Gasteiger partial charge in [-0.3, -0.25) is 4.90 Å². The van der Waals surface area contributed by atoms with Crippen LogP contribution in [-0.4, -0.2) is 36.2 Å². The minimum atomic E-state index is -0.945. The Kier molecular flexibility index (Phi) is 5.57. The summed E-state index contributed by atoms with van der Waals surface area (Å²) in [6.45, 7) is 4.98. The van der Waals surface area contributed by atoms with Crippen molar-refractivity contribution in [3.63, 3.8) is 0 Å². The maximum absolute atomic E-state index is 10.6. The average Bonchev–Trinajstić information content (AvgIpc) is 2.36. The molecule has 104 valence electrons. The van der Waals surface area contributed by atoms with Crippen molar-refractivity contribution in [3.8, 4) is 5.75 Å². The number of carbonyl (C=O) groups is 1. The maximum Gasteiger partial charge on any atom is 0.328 e. The predicted octanol–water partition coefficient (Wildman–Crippen LogP) is 2.63. The van der Waals surface area contributed by atoms with E-state index in [9.17, 15) is 4.79 Å². The summed E-state index contributed by atoms with van der Waals surface area (Å²) in [7, 11) is 3.66. The number of carboxylic acid groups (broad SMARTS) is 1. The van der Waals surface area contributed by atoms with Gasteiger partial charge in [0.15, 0.2) is 0 Å². The van der Waals surface area contributed by atoms with E-state index in [0.717, 1.165) is 29.5 Å². The van der Waals surface area contributed by atoms with Crippen molar-refractivity contribution in [2.75, 3.05) is 14.2 Å². The Balaban J connectivity index is 3.05. The molecule has 0 aromatic heterocycles. The van der Waals surface area contributed by atoms with Crippen LogP contribution in [0.4, 0.5) is 0 Å². The lowest BCUT2D eigenvalue weighted by atomic mass is 10.1. The van der Waals surface area contributed by atoms with Gasteiger partial charge in [-0.15, -0.1) is 0 Å². The van der Waals surface area contributed by atoms with Crippen LogP contribution in [0.25, 0.3) is 6.08 Å². The van der Waals surface area contributed by atoms with Gasteiger partial charge in [-0.05, 0) is 50.2 Å². The zero-order valence-electron chi connectivity index (χ0n) is 11.9. The van der Waals surface area contributed by atoms with Gasteiger partial charge in [0.2, 0.25) is 0 Å². The number of aliphatic carboxylic acids is 1. The summed E-state index contributed by atoms with van der Waals surface area (Å²) < 4.78 is 5.22. The monoisotopic (exact) mass is 263 g/mol. The highest BCUT2D eigenvalue weighted by molar-refractivity contribution is 5.85. The molecule has 19 heavy (non-hydrogen) atoms. The highest BCUT2D eigenvalue weighted by Crippen LogP contribution is 2.21. The molecule has 0 heterocycles. The van der Waals surface area contributed by atoms with Crippen LogP contribution in [0.3, 0.4) is 0 Å². The quantitative estimate of drug-likeness (QED) is 0.802. The van der Waals surface area contributed by atoms with Gasteiger partial charge >= 0.3 is 5.97 Å². The summed E-state index contributed by atoms with van der Waals surface area (Å²) in [5, 5.41) is 8.71. The number of rotatable bonds is 6. The summed E-state index contributed by atoms with van der Waals surface area (Å²) in [6, 6.07) is 6.07. The molecule has 0 aliphatic heterocycles. The van der Waals surface area contributed by atoms with Gasteiger partial charge in [-0.25, -0.2) is 4.79 Å². The van der Waals surface area contributed by atoms with Crippen LogP contribution in [0, 0.1) is 0 Å². The molecule has 1 aromatic rings. The number of nitrogens with zero attached hydrogens (tertiary/aromatic N) is 1. The van der Waals surface area contributed by atoms with Gasteiger partial charge in [-0.2, -0.15) is 0 Å². The zero-order chi connectivity index (χ0) is 14.4. The van der Waals surface area contributed by atoms with Crippen LogP contribution in [0.15, 0.2) is 24.3 Å². The summed E-state index contributed by atoms with van der Waals surface area (Å²) >= 11 is 0. The fraction of sp³-hybridized carbons (Fsp3) is 0.400. The van der Waals surface area contributed by atoms with Crippen molar-refractivity contribution < 1.29 is 14.6 Å². The van der Waals surface area contributed by atoms with Gasteiger partial charge in [0, 0.05) is 18.7 Å². The Morgan fingerprint density at radius 1 is 1.47 bits per heavy atom. The molecule has 1 aromatic carbocycles. The van der Waals surface area contributed by atoms with Crippen molar-refractivity contribution in [1.29, 1.82) is 0 Å². The van der Waals surface area contributed by atoms with Crippen LogP contribution in [0.5, 0.6) is 5.75 Å². The molecule has 1 rings (SSSR count). The van der Waals surface area contributed by atoms with E-state index in [4.69, 9.17) is 9.84 Å². The van der Waals surface area contributed by atoms with Crippen LogP contribution >= 0.6 is 0 Å². The van der Waals surface area contributed by atoms with Crippen molar-refractivity contribution in [3.05, 3.63) is 35.4 Å². The lowest BCUT2D eigenvalue weighted by Crippen LogP contribution is -2.25. The minimum Gasteiger partial charge on any atom is -0.497 e. The topological polar surface area (TPSA) is 49.8 Å². The Bertz CT molecular complexity index is 466. The molecule has 0 bridgehead atoms. The van der Waals surface area contributed by atoms with E-state index < -0.39 is 5.97 Å². The molecule has 0 aliphatic carbocycles. The first-order valence-corrected chi connectivity index (χ1v) is 6.22. The fourth-order valence-electron chi connectivity index (χ4n) is 1.62. The molecule has 0 fully saturated rings. The van der Waals surface area contributed by atoms with Gasteiger partial charge in [0.05, 0.1) is 7.11 Å². The highest BCUT2D eigenvalue weighted by atomic mass is 16.5. The molecule has 0 atom stereocenters. The summed E-state index contributed by atoms with van der Waals surface area (Å²) in [6.07, 6.45) is 2.77. The number of ether oxygens (including phenoxy) is 1. The second kappa shape index (κ2) is 6.95. The number of hydrogen-bond acceptors (Lipinski definition) is 3. The predicted molar refractivity (Wildman–Crippen MR) is 76.3 cm³/mol. The van der Waals surface area contributed by atoms with Crippen LogP contribution in [0.1, 0.15) is 25.0 Å². The van der Waals surface area contributed by atoms with E-state index in [1.54, 1.807) is 13.2 Å². The van der Waals surface area contributed by atoms with E-state index in [1.807, 2.05) is 25.2 Å². The minimum absolute atomic E-state index is 0.419. The van der Waals surface area contributed by atoms with Crippen molar-refractivity contribution in [2.24, 2.45) is 0 Å². The molecule has 0 radical (unpaired) electrons. The molecule has 0 aliphatic rings. The second-order valence-corrected chi connectivity index (χ2v) is 4.75. The van der Waals surface area contributed by atoms with Gasteiger partial charge in [0.25, 0.3) is 0 Å². The molecule has 4 nitrogen and oxygen atoms in total. The van der Waals surface area contributed by atoms with Gasteiger partial charge in [0.1, 0.15) is 5.75 Å². The lowest BCUT2D eigenvalue weighted by Gasteiger charge is -2.22. The first-order chi connectivity index (χ1) is 8.93. The molecule has 0 saturated carbocycles. The molecule has 0 unspecified atom stereocenters. The molecular weight excluding hydrogens is 242 g/mol. The SMILES string of the molecule is COc1ccc(C=CC(=O)O)c(CN(C)C(C)C)c1. The normalized spacial score (nSPS) is 11.5. The maximum atomic E-state index is 10.6. The molecular formula is C15H21NO3. The van der Waals surface area contributed by atoms with Crippen LogP contribution in [0.2, 0.25) is 0 Å². The average molecular weight is 263 g/mol. The highest BCUT2D eigenvalue weighted by Gasteiger charge is 2.08. The Hall–Kier alpha value is -1.81. The summed E-state index contributed by atoms with van der Waals surface area (Å²) in [5.41, 5.74) is 1.95. The van der Waals surface area contributed by atoms with Crippen LogP contribution in [-0.2, 0) is 11.3 Å². The third kappa shape index (κ3) is 4.75. The smallest absolute Gasteiger partial charge is 0.328 e. The first kappa shape index (κ1) is 15.2. The van der Waals surface area contributed by atoms with Gasteiger partial charge < -0.3 is 9.84 Å². The zero-order valence-corrected chi connectivity index (χ0v) is 11.9. The van der Waals surface area contributed by atoms with E-state index >= 15 is 0 Å². The summed E-state index contributed by atoms with van der Waals surface area (Å²) in [4.78, 5) is 12.8. The molecule has 1 N–H and O–H groups in total. The number of benzene rings is 1. The lowest BCUT2D eigenvalue weighted by molar-refractivity contribution is -0.131. The van der Waals surface area contributed by atoms with E-state index in [-0.39, 0.29) is 0 Å². The van der Waals surface area contributed by atoms with E-state index in [1.165, 1.54) is 0 Å². The molecule has 0 saturated heterocycles. The first-order valence-electron chi connectivity index (χ1n) is 6.22. The third-order valence-electron chi connectivity index (χ3n) is 3.06. The number of methoxy groups -OCH3 is 1. The number of hydrogen-bond donors (Lipinski definition) is 1. The Morgan fingerprint density at radius 2 is 2.16 bits per heavy atom. The van der Waals surface area contributed by atoms with Crippen molar-refractivity contribution >= 4 is 12.0 Å². The summed E-state index contributed by atoms with van der Waals surface area (Å²) in [5.74, 6) is -0.168. The van der Waals surface area contributed by atoms with Gasteiger partial charge in [-0.1, -0.05) is 6.07 Å². The second-order valence-electron chi connectivity index (χ2n) is 4.75. The van der Waals surface area contributed by atoms with Crippen molar-refractivity contribution in [1.82, 2.24) is 4.90 Å². The standard InChI is InChI=1S/C15H21NO3/c1-11(2)16(3)10-13-9-14(19-4)7-5-12(13)6-8-15(17)18/h5-9,11H,10H2,1-4H3,(H,17,18). The molecule has 4 heteroatoms. The molecule has 0 spiro atoms. The van der Waals surface area contributed by atoms with Crippen LogP contribution < -0.4 is 4.74 Å². The largest absolute Gasteiger partial charge is 0.497 e. The third-order valence-corrected chi connectivity index (χ3v) is 3.06. The fourth-order valence-corrected chi connectivity index (χ4v) is 1.62. The molecule has 0 amide bonds. The van der Waals surface area contributed by atoms with E-state index in [2.05, 4.69) is 18.7 Å². The Labute approximate surface area is 114 Å². The number of carboxylic acids is 1. The van der Waals surface area contributed by atoms with Crippen molar-refractivity contribution in [2.45, 2.75) is 26.4 Å². The van der Waals surface area contributed by atoms with E-state index in [0.29, 0.717) is 6.04 Å².